The van der Waals surface area contributed by atoms with E-state index in [1.807, 2.05) is 43.3 Å². The van der Waals surface area contributed by atoms with Gasteiger partial charge in [-0.3, -0.25) is 9.67 Å². The van der Waals surface area contributed by atoms with Crippen LogP contribution in [-0.2, 0) is 20.1 Å². The van der Waals surface area contributed by atoms with E-state index in [1.54, 1.807) is 11.7 Å². The summed E-state index contributed by atoms with van der Waals surface area (Å²) >= 11 is 6.01. The van der Waals surface area contributed by atoms with Gasteiger partial charge in [0.2, 0.25) is 0 Å². The van der Waals surface area contributed by atoms with Crippen molar-refractivity contribution >= 4 is 17.6 Å². The number of aliphatic imine (C=N–C) groups is 1. The Balaban J connectivity index is 1.96. The van der Waals surface area contributed by atoms with Crippen LogP contribution in [0.3, 0.4) is 0 Å². The molecule has 0 aliphatic heterocycles. The fourth-order valence-electron chi connectivity index (χ4n) is 2.01. The van der Waals surface area contributed by atoms with Crippen molar-refractivity contribution in [1.29, 1.82) is 0 Å². The van der Waals surface area contributed by atoms with Crippen LogP contribution in [0.15, 0.2) is 35.6 Å². The Morgan fingerprint density at radius 3 is 2.90 bits per heavy atom. The zero-order valence-electron chi connectivity index (χ0n) is 12.4. The molecule has 112 valence electrons. The molecule has 1 aromatic heterocycles. The lowest BCUT2D eigenvalue weighted by Crippen LogP contribution is -2.38. The van der Waals surface area contributed by atoms with Crippen LogP contribution in [-0.4, -0.2) is 39.7 Å². The highest BCUT2D eigenvalue weighted by Gasteiger charge is 2.08. The summed E-state index contributed by atoms with van der Waals surface area (Å²) in [6, 6.07) is 7.81. The number of aromatic nitrogens is 3. The lowest BCUT2D eigenvalue weighted by atomic mass is 10.2. The van der Waals surface area contributed by atoms with Crippen molar-refractivity contribution in [2.75, 3.05) is 14.1 Å². The largest absolute Gasteiger partial charge is 0.349 e. The number of guanidine groups is 1. The van der Waals surface area contributed by atoms with Crippen molar-refractivity contribution in [3.63, 3.8) is 0 Å². The van der Waals surface area contributed by atoms with E-state index in [4.69, 9.17) is 11.6 Å². The highest BCUT2D eigenvalue weighted by atomic mass is 35.5. The number of benzene rings is 1. The molecule has 0 bridgehead atoms. The third-order valence-corrected chi connectivity index (χ3v) is 3.33. The molecule has 1 heterocycles. The Morgan fingerprint density at radius 1 is 1.48 bits per heavy atom. The second-order valence-corrected chi connectivity index (χ2v) is 5.12. The van der Waals surface area contributed by atoms with Gasteiger partial charge in [0.1, 0.15) is 12.2 Å². The second kappa shape index (κ2) is 7.08. The zero-order chi connectivity index (χ0) is 15.2. The third-order valence-electron chi connectivity index (χ3n) is 3.09. The van der Waals surface area contributed by atoms with Crippen LogP contribution in [0.2, 0.25) is 5.02 Å². The predicted molar refractivity (Wildman–Crippen MR) is 84.1 cm³/mol. The summed E-state index contributed by atoms with van der Waals surface area (Å²) in [6.45, 7) is 1.29. The second-order valence-electron chi connectivity index (χ2n) is 4.69. The maximum Gasteiger partial charge on any atom is 0.194 e. The van der Waals surface area contributed by atoms with Crippen LogP contribution in [0.25, 0.3) is 0 Å². The summed E-state index contributed by atoms with van der Waals surface area (Å²) in [4.78, 5) is 10.5. The number of halogens is 1. The van der Waals surface area contributed by atoms with Crippen LogP contribution in [0, 0.1) is 0 Å². The predicted octanol–water partition coefficient (Wildman–Crippen LogP) is 1.68. The van der Waals surface area contributed by atoms with E-state index in [0.29, 0.717) is 6.54 Å². The Morgan fingerprint density at radius 2 is 2.29 bits per heavy atom. The van der Waals surface area contributed by atoms with Gasteiger partial charge >= 0.3 is 0 Å². The SMILES string of the molecule is CN=C(NCc1ncnn1C)N(C)Cc1cccc(Cl)c1. The van der Waals surface area contributed by atoms with E-state index in [-0.39, 0.29) is 0 Å². The van der Waals surface area contributed by atoms with Crippen LogP contribution in [0.5, 0.6) is 0 Å². The third kappa shape index (κ3) is 4.19. The molecular weight excluding hydrogens is 288 g/mol. The fraction of sp³-hybridized carbons (Fsp3) is 0.357. The minimum absolute atomic E-state index is 0.572. The first-order valence-electron chi connectivity index (χ1n) is 6.59. The molecular formula is C14H19ClN6. The normalized spacial score (nSPS) is 11.5. The monoisotopic (exact) mass is 306 g/mol. The van der Waals surface area contributed by atoms with Gasteiger partial charge in [-0.15, -0.1) is 0 Å². The first kappa shape index (κ1) is 15.3. The summed E-state index contributed by atoms with van der Waals surface area (Å²) < 4.78 is 1.73. The number of aryl methyl sites for hydroxylation is 1. The maximum atomic E-state index is 6.01. The molecule has 2 rings (SSSR count). The first-order valence-corrected chi connectivity index (χ1v) is 6.97. The summed E-state index contributed by atoms with van der Waals surface area (Å²) in [5, 5.41) is 8.05. The molecule has 0 unspecified atom stereocenters. The molecule has 0 saturated carbocycles. The number of hydrogen-bond donors (Lipinski definition) is 1. The molecule has 0 atom stereocenters. The van der Waals surface area contributed by atoms with E-state index in [1.165, 1.54) is 6.33 Å². The van der Waals surface area contributed by atoms with Crippen molar-refractivity contribution in [3.05, 3.63) is 47.0 Å². The Labute approximate surface area is 129 Å². The fourth-order valence-corrected chi connectivity index (χ4v) is 2.22. The number of nitrogens with zero attached hydrogens (tertiary/aromatic N) is 5. The lowest BCUT2D eigenvalue weighted by Gasteiger charge is -2.22. The molecule has 21 heavy (non-hydrogen) atoms. The molecule has 2 aromatic rings. The van der Waals surface area contributed by atoms with Crippen LogP contribution in [0.1, 0.15) is 11.4 Å². The molecule has 0 fully saturated rings. The van der Waals surface area contributed by atoms with Gasteiger partial charge < -0.3 is 10.2 Å². The zero-order valence-corrected chi connectivity index (χ0v) is 13.2. The highest BCUT2D eigenvalue weighted by Crippen LogP contribution is 2.12. The van der Waals surface area contributed by atoms with Gasteiger partial charge in [0.25, 0.3) is 0 Å². The van der Waals surface area contributed by atoms with E-state index >= 15 is 0 Å². The molecule has 0 radical (unpaired) electrons. The van der Waals surface area contributed by atoms with Gasteiger partial charge in [-0.1, -0.05) is 23.7 Å². The molecule has 1 N–H and O–H groups in total. The van der Waals surface area contributed by atoms with E-state index in [9.17, 15) is 0 Å². The highest BCUT2D eigenvalue weighted by molar-refractivity contribution is 6.30. The summed E-state index contributed by atoms with van der Waals surface area (Å²) in [5.74, 6) is 1.64. The lowest BCUT2D eigenvalue weighted by molar-refractivity contribution is 0.474. The maximum absolute atomic E-state index is 6.01. The topological polar surface area (TPSA) is 58.3 Å². The van der Waals surface area contributed by atoms with Gasteiger partial charge in [-0.25, -0.2) is 4.98 Å². The van der Waals surface area contributed by atoms with Crippen molar-refractivity contribution in [2.45, 2.75) is 13.1 Å². The molecule has 0 aliphatic rings. The van der Waals surface area contributed by atoms with Gasteiger partial charge in [-0.2, -0.15) is 5.10 Å². The number of hydrogen-bond acceptors (Lipinski definition) is 3. The van der Waals surface area contributed by atoms with Crippen molar-refractivity contribution in [1.82, 2.24) is 25.0 Å². The van der Waals surface area contributed by atoms with Crippen LogP contribution in [0.4, 0.5) is 0 Å². The first-order chi connectivity index (χ1) is 10.1. The quantitative estimate of drug-likeness (QED) is 0.690. The van der Waals surface area contributed by atoms with Gasteiger partial charge in [0.05, 0.1) is 6.54 Å². The van der Waals surface area contributed by atoms with Crippen molar-refractivity contribution in [2.24, 2.45) is 12.0 Å². The molecule has 0 spiro atoms. The number of nitrogens with one attached hydrogen (secondary N) is 1. The van der Waals surface area contributed by atoms with Crippen LogP contribution >= 0.6 is 11.6 Å². The van der Waals surface area contributed by atoms with Crippen LogP contribution < -0.4 is 5.32 Å². The minimum Gasteiger partial charge on any atom is -0.349 e. The summed E-state index contributed by atoms with van der Waals surface area (Å²) in [5.41, 5.74) is 1.13. The molecule has 7 heteroatoms. The van der Waals surface area contributed by atoms with E-state index in [0.717, 1.165) is 28.9 Å². The summed E-state index contributed by atoms with van der Waals surface area (Å²) in [6.07, 6.45) is 1.54. The molecule has 6 nitrogen and oxygen atoms in total. The molecule has 1 aromatic carbocycles. The average molecular weight is 307 g/mol. The van der Waals surface area contributed by atoms with Crippen molar-refractivity contribution in [3.8, 4) is 0 Å². The van der Waals surface area contributed by atoms with Crippen molar-refractivity contribution < 1.29 is 0 Å². The number of rotatable bonds is 4. The molecule has 0 amide bonds. The standard InChI is InChI=1S/C14H19ClN6/c1-16-14(17-8-13-18-10-19-21(13)3)20(2)9-11-5-4-6-12(15)7-11/h4-7,10H,8-9H2,1-3H3,(H,16,17). The minimum atomic E-state index is 0.572. The molecule has 0 aliphatic carbocycles. The van der Waals surface area contributed by atoms with E-state index < -0.39 is 0 Å². The Bertz CT molecular complexity index is 621. The van der Waals surface area contributed by atoms with E-state index in [2.05, 4.69) is 20.4 Å². The van der Waals surface area contributed by atoms with Gasteiger partial charge in [-0.05, 0) is 17.7 Å². The smallest absolute Gasteiger partial charge is 0.194 e. The average Bonchev–Trinajstić information content (AvgIpc) is 2.85. The van der Waals surface area contributed by atoms with Gasteiger partial charge in [0, 0.05) is 32.7 Å². The molecule has 0 saturated heterocycles. The summed E-state index contributed by atoms with van der Waals surface area (Å²) in [7, 11) is 5.60. The Hall–Kier alpha value is -2.08. The van der Waals surface area contributed by atoms with Gasteiger partial charge in [0.15, 0.2) is 5.96 Å². The Kier molecular flexibility index (Phi) is 5.16.